The van der Waals surface area contributed by atoms with Crippen LogP contribution in [0.1, 0.15) is 19.3 Å². The van der Waals surface area contributed by atoms with Crippen molar-refractivity contribution >= 4 is 50.0 Å². The van der Waals surface area contributed by atoms with E-state index in [0.29, 0.717) is 35.0 Å². The third-order valence-electron chi connectivity index (χ3n) is 3.59. The number of hydrogen-bond donors (Lipinski definition) is 1. The average molecular weight is 418 g/mol. The Balaban J connectivity index is 0.00000220. The van der Waals surface area contributed by atoms with E-state index in [1.165, 1.54) is 0 Å². The Bertz CT molecular complexity index is 582. The van der Waals surface area contributed by atoms with Crippen LogP contribution >= 0.6 is 39.9 Å². The van der Waals surface area contributed by atoms with Gasteiger partial charge >= 0.3 is 0 Å². The van der Waals surface area contributed by atoms with E-state index >= 15 is 0 Å². The first kappa shape index (κ1) is 19.2. The standard InChI is InChI=1S/C13H18BrClN2O2S.ClH/c14-12-8-11(3-4-13(12)15)20(18,19)17-7-1-2-10(9-17)5-6-16;/h3-4,8,10H,1-2,5-7,9,16H2;1H. The van der Waals surface area contributed by atoms with E-state index in [-0.39, 0.29) is 17.3 Å². The van der Waals surface area contributed by atoms with Crippen molar-refractivity contribution in [1.29, 1.82) is 0 Å². The first-order chi connectivity index (χ1) is 9.45. The molecular formula is C13H19BrCl2N2O2S. The first-order valence-corrected chi connectivity index (χ1v) is 9.21. The van der Waals surface area contributed by atoms with Gasteiger partial charge < -0.3 is 5.73 Å². The van der Waals surface area contributed by atoms with Crippen molar-refractivity contribution in [2.24, 2.45) is 11.7 Å². The van der Waals surface area contributed by atoms with Gasteiger partial charge in [-0.15, -0.1) is 12.4 Å². The van der Waals surface area contributed by atoms with E-state index in [4.69, 9.17) is 17.3 Å². The molecule has 1 saturated heterocycles. The van der Waals surface area contributed by atoms with E-state index in [1.54, 1.807) is 22.5 Å². The highest BCUT2D eigenvalue weighted by Crippen LogP contribution is 2.29. The topological polar surface area (TPSA) is 63.4 Å². The number of piperidine rings is 1. The van der Waals surface area contributed by atoms with Crippen molar-refractivity contribution < 1.29 is 8.42 Å². The molecule has 1 fully saturated rings. The third-order valence-corrected chi connectivity index (χ3v) is 6.66. The Morgan fingerprint density at radius 3 is 2.76 bits per heavy atom. The summed E-state index contributed by atoms with van der Waals surface area (Å²) in [4.78, 5) is 0.280. The molecule has 4 nitrogen and oxygen atoms in total. The summed E-state index contributed by atoms with van der Waals surface area (Å²) in [6, 6.07) is 4.71. The molecule has 120 valence electrons. The minimum Gasteiger partial charge on any atom is -0.330 e. The van der Waals surface area contributed by atoms with E-state index < -0.39 is 10.0 Å². The Morgan fingerprint density at radius 1 is 1.43 bits per heavy atom. The third kappa shape index (κ3) is 4.56. The predicted octanol–water partition coefficient (Wildman–Crippen LogP) is 3.27. The number of halogens is 3. The molecule has 0 bridgehead atoms. The maximum atomic E-state index is 12.6. The summed E-state index contributed by atoms with van der Waals surface area (Å²) in [5, 5.41) is 0.503. The van der Waals surface area contributed by atoms with Crippen molar-refractivity contribution in [3.63, 3.8) is 0 Å². The average Bonchev–Trinajstić information content (AvgIpc) is 2.42. The molecule has 1 unspecified atom stereocenters. The van der Waals surface area contributed by atoms with Crippen LogP contribution in [-0.4, -0.2) is 32.4 Å². The lowest BCUT2D eigenvalue weighted by atomic mass is 9.96. The maximum Gasteiger partial charge on any atom is 0.243 e. The molecule has 1 aliphatic rings. The number of rotatable bonds is 4. The molecule has 1 aromatic rings. The molecule has 2 rings (SSSR count). The van der Waals surface area contributed by atoms with Gasteiger partial charge in [-0.05, 0) is 65.9 Å². The van der Waals surface area contributed by atoms with Crippen molar-refractivity contribution in [3.05, 3.63) is 27.7 Å². The van der Waals surface area contributed by atoms with Crippen LogP contribution in [0.5, 0.6) is 0 Å². The summed E-state index contributed by atoms with van der Waals surface area (Å²) in [6.07, 6.45) is 2.81. The van der Waals surface area contributed by atoms with Crippen LogP contribution < -0.4 is 5.73 Å². The van der Waals surface area contributed by atoms with Gasteiger partial charge in [-0.3, -0.25) is 0 Å². The number of benzene rings is 1. The molecule has 1 atom stereocenters. The molecule has 8 heteroatoms. The molecule has 0 aliphatic carbocycles. The lowest BCUT2D eigenvalue weighted by Crippen LogP contribution is -2.40. The van der Waals surface area contributed by atoms with Crippen molar-refractivity contribution in [3.8, 4) is 0 Å². The second-order valence-corrected chi connectivity index (χ2v) is 8.22. The number of nitrogens with two attached hydrogens (primary N) is 1. The molecular weight excluding hydrogens is 399 g/mol. The minimum atomic E-state index is -3.45. The molecule has 0 saturated carbocycles. The summed E-state index contributed by atoms with van der Waals surface area (Å²) < 4.78 is 27.4. The van der Waals surface area contributed by atoms with Gasteiger partial charge in [0, 0.05) is 17.6 Å². The van der Waals surface area contributed by atoms with Gasteiger partial charge in [0.05, 0.1) is 9.92 Å². The summed E-state index contributed by atoms with van der Waals surface area (Å²) in [5.74, 6) is 0.360. The zero-order chi connectivity index (χ0) is 14.8. The van der Waals surface area contributed by atoms with Crippen LogP contribution in [0.3, 0.4) is 0 Å². The molecule has 1 heterocycles. The van der Waals surface area contributed by atoms with Crippen molar-refractivity contribution in [2.75, 3.05) is 19.6 Å². The van der Waals surface area contributed by atoms with Crippen LogP contribution in [0.4, 0.5) is 0 Å². The van der Waals surface area contributed by atoms with Gasteiger partial charge in [-0.2, -0.15) is 4.31 Å². The summed E-state index contributed by atoms with van der Waals surface area (Å²) in [7, 11) is -3.45. The second-order valence-electron chi connectivity index (χ2n) is 5.02. The molecule has 0 radical (unpaired) electrons. The van der Waals surface area contributed by atoms with E-state index in [2.05, 4.69) is 15.9 Å². The molecule has 0 spiro atoms. The smallest absolute Gasteiger partial charge is 0.243 e. The zero-order valence-electron chi connectivity index (χ0n) is 11.5. The van der Waals surface area contributed by atoms with Gasteiger partial charge in [0.25, 0.3) is 0 Å². The lowest BCUT2D eigenvalue weighted by Gasteiger charge is -2.31. The minimum absolute atomic E-state index is 0. The fourth-order valence-corrected chi connectivity index (χ4v) is 4.73. The Kier molecular flexibility index (Phi) is 7.43. The van der Waals surface area contributed by atoms with Crippen LogP contribution in [0.15, 0.2) is 27.6 Å². The number of sulfonamides is 1. The van der Waals surface area contributed by atoms with Gasteiger partial charge in [0.2, 0.25) is 10.0 Å². The van der Waals surface area contributed by atoms with E-state index in [0.717, 1.165) is 19.3 Å². The SMILES string of the molecule is Cl.NCCC1CCCN(S(=O)(=O)c2ccc(Cl)c(Br)c2)C1. The molecule has 21 heavy (non-hydrogen) atoms. The maximum absolute atomic E-state index is 12.6. The van der Waals surface area contributed by atoms with Crippen LogP contribution in [-0.2, 0) is 10.0 Å². The normalized spacial score (nSPS) is 20.0. The number of nitrogens with zero attached hydrogens (tertiary/aromatic N) is 1. The fourth-order valence-electron chi connectivity index (χ4n) is 2.50. The molecule has 0 amide bonds. The summed E-state index contributed by atoms with van der Waals surface area (Å²) >= 11 is 9.18. The van der Waals surface area contributed by atoms with E-state index in [1.807, 2.05) is 0 Å². The second kappa shape index (κ2) is 8.13. The lowest BCUT2D eigenvalue weighted by molar-refractivity contribution is 0.258. The van der Waals surface area contributed by atoms with Gasteiger partial charge in [-0.25, -0.2) is 8.42 Å². The van der Waals surface area contributed by atoms with Gasteiger partial charge in [-0.1, -0.05) is 11.6 Å². The largest absolute Gasteiger partial charge is 0.330 e. The highest BCUT2D eigenvalue weighted by molar-refractivity contribution is 9.10. The molecule has 0 aromatic heterocycles. The van der Waals surface area contributed by atoms with Crippen molar-refractivity contribution in [1.82, 2.24) is 4.31 Å². The molecule has 2 N–H and O–H groups in total. The predicted molar refractivity (Wildman–Crippen MR) is 91.6 cm³/mol. The highest BCUT2D eigenvalue weighted by atomic mass is 79.9. The quantitative estimate of drug-likeness (QED) is 0.817. The monoisotopic (exact) mass is 416 g/mol. The van der Waals surface area contributed by atoms with Crippen LogP contribution in [0, 0.1) is 5.92 Å². The molecule has 1 aromatic carbocycles. The van der Waals surface area contributed by atoms with Gasteiger partial charge in [0.1, 0.15) is 0 Å². The zero-order valence-corrected chi connectivity index (χ0v) is 15.4. The van der Waals surface area contributed by atoms with Crippen LogP contribution in [0.25, 0.3) is 0 Å². The Morgan fingerprint density at radius 2 is 2.14 bits per heavy atom. The van der Waals surface area contributed by atoms with Crippen molar-refractivity contribution in [2.45, 2.75) is 24.2 Å². The molecule has 1 aliphatic heterocycles. The first-order valence-electron chi connectivity index (χ1n) is 6.60. The van der Waals surface area contributed by atoms with Gasteiger partial charge in [0.15, 0.2) is 0 Å². The Hall–Kier alpha value is 0.150. The highest BCUT2D eigenvalue weighted by Gasteiger charge is 2.30. The summed E-state index contributed by atoms with van der Waals surface area (Å²) in [6.45, 7) is 1.73. The summed E-state index contributed by atoms with van der Waals surface area (Å²) in [5.41, 5.74) is 5.57. The Labute approximate surface area is 145 Å². The van der Waals surface area contributed by atoms with E-state index in [9.17, 15) is 8.42 Å². The number of hydrogen-bond acceptors (Lipinski definition) is 3. The van der Waals surface area contributed by atoms with Crippen LogP contribution in [0.2, 0.25) is 5.02 Å². The fraction of sp³-hybridized carbons (Fsp3) is 0.538.